The minimum atomic E-state index is 0.496. The summed E-state index contributed by atoms with van der Waals surface area (Å²) in [6.45, 7) is 13.1. The predicted molar refractivity (Wildman–Crippen MR) is 289 cm³/mol. The van der Waals surface area contributed by atoms with Crippen molar-refractivity contribution >= 4 is 43.6 Å². The largest absolute Gasteiger partial charge is 0.308 e. The number of nitriles is 1. The molecule has 3 heterocycles. The van der Waals surface area contributed by atoms with Gasteiger partial charge >= 0.3 is 0 Å². The van der Waals surface area contributed by atoms with Gasteiger partial charge in [-0.15, -0.1) is 0 Å². The first-order valence-electron chi connectivity index (χ1n) is 23.8. The van der Waals surface area contributed by atoms with Gasteiger partial charge in [-0.1, -0.05) is 145 Å². The maximum atomic E-state index is 11.5. The summed E-state index contributed by atoms with van der Waals surface area (Å²) in [5, 5.41) is 15.9. The Morgan fingerprint density at radius 3 is 1.21 bits per heavy atom. The van der Waals surface area contributed by atoms with Gasteiger partial charge in [0.1, 0.15) is 6.07 Å². The third-order valence-corrected chi connectivity index (χ3v) is 13.9. The Labute approximate surface area is 407 Å². The number of hydrogen-bond donors (Lipinski definition) is 0. The Kier molecular flexibility index (Phi) is 10.1. The average molecular weight is 901 g/mol. The Balaban J connectivity index is 1.18. The molecule has 0 amide bonds. The lowest BCUT2D eigenvalue weighted by molar-refractivity contribution is 1.06. The minimum absolute atomic E-state index is 0.496. The van der Waals surface area contributed by atoms with Crippen LogP contribution in [0.5, 0.6) is 0 Å². The molecule has 0 atom stereocenters. The SMILES string of the molecule is Cc1cc(C)c(-c2ccc3c(c2)c2ccccc2n3-c2cc(-c3nc(-c4ccccc4)nc(-c4ccccc4)n3)c(-n3c4ccccc4c4cc(-c5c(C)cc(C)cc5C)ccc43)cc2C#N)c(C)c1. The van der Waals surface area contributed by atoms with Gasteiger partial charge < -0.3 is 9.13 Å². The molecule has 6 nitrogen and oxygen atoms in total. The number of nitrogens with zero attached hydrogens (tertiary/aromatic N) is 6. The van der Waals surface area contributed by atoms with Crippen molar-refractivity contribution in [1.82, 2.24) is 24.1 Å². The fraction of sp³-hybridized carbons (Fsp3) is 0.0938. The molecule has 0 saturated heterocycles. The van der Waals surface area contributed by atoms with Crippen LogP contribution in [0.2, 0.25) is 0 Å². The van der Waals surface area contributed by atoms with Crippen molar-refractivity contribution in [3.63, 3.8) is 0 Å². The molecule has 0 aliphatic rings. The molecule has 9 aromatic carbocycles. The Bertz CT molecular complexity index is 4030. The van der Waals surface area contributed by atoms with Gasteiger partial charge in [0.05, 0.1) is 39.0 Å². The quantitative estimate of drug-likeness (QED) is 0.160. The van der Waals surface area contributed by atoms with Crippen LogP contribution in [0, 0.1) is 52.9 Å². The van der Waals surface area contributed by atoms with Crippen molar-refractivity contribution < 1.29 is 0 Å². The highest BCUT2D eigenvalue weighted by Gasteiger charge is 2.25. The molecule has 70 heavy (non-hydrogen) atoms. The van der Waals surface area contributed by atoms with E-state index in [2.05, 4.69) is 172 Å². The number of rotatable bonds is 7. The number of aryl methyl sites for hydroxylation is 6. The molecule has 0 bridgehead atoms. The van der Waals surface area contributed by atoms with Gasteiger partial charge in [-0.3, -0.25) is 0 Å². The first-order chi connectivity index (χ1) is 34.1. The Hall–Kier alpha value is -8.92. The van der Waals surface area contributed by atoms with Gasteiger partial charge in [0.25, 0.3) is 0 Å². The van der Waals surface area contributed by atoms with Crippen molar-refractivity contribution in [3.8, 4) is 73.9 Å². The molecule has 0 fully saturated rings. The van der Waals surface area contributed by atoms with E-state index in [4.69, 9.17) is 15.0 Å². The molecular weight excluding hydrogens is 853 g/mol. The molecule has 0 radical (unpaired) electrons. The van der Waals surface area contributed by atoms with E-state index in [1.54, 1.807) is 0 Å². The lowest BCUT2D eigenvalue weighted by atomic mass is 9.93. The zero-order chi connectivity index (χ0) is 47.8. The molecule has 0 aliphatic carbocycles. The predicted octanol–water partition coefficient (Wildman–Crippen LogP) is 16.1. The van der Waals surface area contributed by atoms with Crippen molar-refractivity contribution in [2.75, 3.05) is 0 Å². The monoisotopic (exact) mass is 900 g/mol. The standard InChI is InChI=1S/C64H48N6/c1-38-29-40(3)60(41(4)30-38)46-25-27-56-51(33-46)49-21-13-15-23-54(49)69(56)58-36-53(64-67-62(44-17-9-7-10-18-44)66-63(68-64)45-19-11-8-12-20-45)59(35-48(58)37-65)70-55-24-16-14-22-50(55)52-34-47(26-28-57(52)70)61-42(5)31-39(2)32-43(61)6/h7-36H,1-6H3. The van der Waals surface area contributed by atoms with Gasteiger partial charge in [-0.25, -0.2) is 15.0 Å². The van der Waals surface area contributed by atoms with E-state index in [1.165, 1.54) is 50.1 Å². The fourth-order valence-electron chi connectivity index (χ4n) is 11.2. The molecule has 6 heteroatoms. The van der Waals surface area contributed by atoms with Crippen molar-refractivity contribution in [2.45, 2.75) is 41.5 Å². The average Bonchev–Trinajstić information content (AvgIpc) is 3.88. The van der Waals surface area contributed by atoms with E-state index in [0.717, 1.165) is 77.2 Å². The minimum Gasteiger partial charge on any atom is -0.308 e. The van der Waals surface area contributed by atoms with Gasteiger partial charge in [0.15, 0.2) is 17.5 Å². The number of para-hydroxylation sites is 2. The van der Waals surface area contributed by atoms with Crippen LogP contribution in [0.3, 0.4) is 0 Å². The van der Waals surface area contributed by atoms with Gasteiger partial charge in [0.2, 0.25) is 0 Å². The molecule has 0 spiro atoms. The molecule has 0 N–H and O–H groups in total. The van der Waals surface area contributed by atoms with E-state index in [1.807, 2.05) is 66.7 Å². The normalized spacial score (nSPS) is 11.6. The Morgan fingerprint density at radius 2 is 0.757 bits per heavy atom. The summed E-state index contributed by atoms with van der Waals surface area (Å²) < 4.78 is 4.54. The van der Waals surface area contributed by atoms with Crippen LogP contribution in [-0.2, 0) is 0 Å². The van der Waals surface area contributed by atoms with Crippen LogP contribution < -0.4 is 0 Å². The molecule has 0 unspecified atom stereocenters. The van der Waals surface area contributed by atoms with E-state index < -0.39 is 0 Å². The third-order valence-electron chi connectivity index (χ3n) is 13.9. The Morgan fingerprint density at radius 1 is 0.357 bits per heavy atom. The number of fused-ring (bicyclic) bond motifs is 6. The first kappa shape index (κ1) is 42.4. The van der Waals surface area contributed by atoms with Crippen molar-refractivity contribution in [2.24, 2.45) is 0 Å². The summed E-state index contributed by atoms with van der Waals surface area (Å²) in [6.07, 6.45) is 0. The molecule has 334 valence electrons. The van der Waals surface area contributed by atoms with Crippen molar-refractivity contribution in [1.29, 1.82) is 5.26 Å². The first-order valence-corrected chi connectivity index (χ1v) is 23.8. The lowest BCUT2D eigenvalue weighted by Gasteiger charge is -2.19. The smallest absolute Gasteiger partial charge is 0.166 e. The summed E-state index contributed by atoms with van der Waals surface area (Å²) in [4.78, 5) is 15.8. The second-order valence-corrected chi connectivity index (χ2v) is 18.8. The van der Waals surface area contributed by atoms with Gasteiger partial charge in [-0.2, -0.15) is 5.26 Å². The van der Waals surface area contributed by atoms with E-state index in [9.17, 15) is 5.26 Å². The maximum absolute atomic E-state index is 11.5. The number of hydrogen-bond acceptors (Lipinski definition) is 4. The van der Waals surface area contributed by atoms with E-state index >= 15 is 0 Å². The van der Waals surface area contributed by atoms with Gasteiger partial charge in [0, 0.05) is 38.2 Å². The zero-order valence-corrected chi connectivity index (χ0v) is 40.0. The molecule has 0 saturated carbocycles. The second-order valence-electron chi connectivity index (χ2n) is 18.8. The highest BCUT2D eigenvalue weighted by molar-refractivity contribution is 6.12. The maximum Gasteiger partial charge on any atom is 0.166 e. The van der Waals surface area contributed by atoms with Crippen LogP contribution in [0.15, 0.2) is 182 Å². The zero-order valence-electron chi connectivity index (χ0n) is 40.0. The molecule has 12 rings (SSSR count). The van der Waals surface area contributed by atoms with Crippen LogP contribution in [-0.4, -0.2) is 24.1 Å². The highest BCUT2D eigenvalue weighted by Crippen LogP contribution is 2.43. The molecular formula is C64H48N6. The molecule has 12 aromatic rings. The van der Waals surface area contributed by atoms with Crippen LogP contribution in [0.1, 0.15) is 38.9 Å². The van der Waals surface area contributed by atoms with Crippen LogP contribution in [0.25, 0.3) is 111 Å². The summed E-state index contributed by atoms with van der Waals surface area (Å²) in [5.74, 6) is 1.61. The van der Waals surface area contributed by atoms with Crippen LogP contribution >= 0.6 is 0 Å². The lowest BCUT2D eigenvalue weighted by Crippen LogP contribution is -2.07. The third kappa shape index (κ3) is 6.97. The summed E-state index contributed by atoms with van der Waals surface area (Å²) in [7, 11) is 0. The topological polar surface area (TPSA) is 72.3 Å². The van der Waals surface area contributed by atoms with Crippen LogP contribution in [0.4, 0.5) is 0 Å². The summed E-state index contributed by atoms with van der Waals surface area (Å²) in [6, 6.07) is 66.7. The molecule has 3 aromatic heterocycles. The molecule has 0 aliphatic heterocycles. The summed E-state index contributed by atoms with van der Waals surface area (Å²) >= 11 is 0. The number of aromatic nitrogens is 5. The second kappa shape index (κ2) is 16.7. The van der Waals surface area contributed by atoms with Crippen molar-refractivity contribution in [3.05, 3.63) is 221 Å². The van der Waals surface area contributed by atoms with E-state index in [-0.39, 0.29) is 0 Å². The highest BCUT2D eigenvalue weighted by atomic mass is 15.1. The summed E-state index contributed by atoms with van der Waals surface area (Å²) in [5.41, 5.74) is 20.9. The number of benzene rings is 9. The fourth-order valence-corrected chi connectivity index (χ4v) is 11.2. The van der Waals surface area contributed by atoms with E-state index in [0.29, 0.717) is 23.0 Å². The van der Waals surface area contributed by atoms with Gasteiger partial charge in [-0.05, 0) is 135 Å².